The van der Waals surface area contributed by atoms with Crippen molar-refractivity contribution in [3.05, 3.63) is 71.0 Å². The van der Waals surface area contributed by atoms with Gasteiger partial charge in [-0.2, -0.15) is 0 Å². The van der Waals surface area contributed by atoms with Crippen molar-refractivity contribution in [2.75, 3.05) is 0 Å². The second-order valence-electron chi connectivity index (χ2n) is 6.91. The Morgan fingerprint density at radius 2 is 1.44 bits per heavy atom. The van der Waals surface area contributed by atoms with E-state index < -0.39 is 11.7 Å². The van der Waals surface area contributed by atoms with Gasteiger partial charge >= 0.3 is 0 Å². The lowest BCUT2D eigenvalue weighted by Crippen LogP contribution is -1.96. The lowest BCUT2D eigenvalue weighted by atomic mass is 10.0. The first-order valence-electron chi connectivity index (χ1n) is 9.99. The summed E-state index contributed by atoms with van der Waals surface area (Å²) in [4.78, 5) is 0. The number of allylic oxidation sites excluding steroid dienone is 1. The van der Waals surface area contributed by atoms with E-state index in [1.807, 2.05) is 6.92 Å². The van der Waals surface area contributed by atoms with E-state index in [-0.39, 0.29) is 12.0 Å². The van der Waals surface area contributed by atoms with Gasteiger partial charge in [0.25, 0.3) is 0 Å². The van der Waals surface area contributed by atoms with Crippen LogP contribution in [0.3, 0.4) is 0 Å². The van der Waals surface area contributed by atoms with Crippen molar-refractivity contribution in [1.82, 2.24) is 0 Å². The molecule has 0 aliphatic rings. The fourth-order valence-corrected chi connectivity index (χ4v) is 2.91. The molecule has 0 aromatic heterocycles. The van der Waals surface area contributed by atoms with Crippen LogP contribution in [-0.2, 0) is 13.0 Å². The van der Waals surface area contributed by atoms with Crippen LogP contribution in [-0.4, -0.2) is 0 Å². The Morgan fingerprint density at radius 1 is 0.778 bits per heavy atom. The summed E-state index contributed by atoms with van der Waals surface area (Å²) in [6.07, 6.45) is 6.91. The zero-order valence-corrected chi connectivity index (χ0v) is 16.4. The summed E-state index contributed by atoms with van der Waals surface area (Å²) in [6.45, 7) is 4.50. The van der Waals surface area contributed by atoms with Gasteiger partial charge in [0.15, 0.2) is 5.83 Å². The van der Waals surface area contributed by atoms with E-state index in [2.05, 4.69) is 31.2 Å². The Hall–Kier alpha value is -2.16. The molecule has 0 N–H and O–H groups in total. The summed E-state index contributed by atoms with van der Waals surface area (Å²) >= 11 is 0. The van der Waals surface area contributed by atoms with Gasteiger partial charge in [0.2, 0.25) is 0 Å². The molecule has 0 heterocycles. The standard InChI is InChI=1S/C24H30F2O/c1-3-5-6-7-9-19-10-12-20(13-11-19)18-27-22-16-14-21(15-17-22)24(26)23(25)8-4-2/h10-17H,3-9,18H2,1-2H3/b24-23+. The van der Waals surface area contributed by atoms with Gasteiger partial charge in [-0.25, -0.2) is 8.78 Å². The molecule has 1 nitrogen and oxygen atoms in total. The first-order valence-corrected chi connectivity index (χ1v) is 9.99. The number of rotatable bonds is 11. The highest BCUT2D eigenvalue weighted by molar-refractivity contribution is 5.61. The summed E-state index contributed by atoms with van der Waals surface area (Å²) in [5.41, 5.74) is 2.70. The van der Waals surface area contributed by atoms with Gasteiger partial charge in [-0.05, 0) is 54.7 Å². The largest absolute Gasteiger partial charge is 0.489 e. The number of unbranched alkanes of at least 4 members (excludes halogenated alkanes) is 3. The Kier molecular flexibility index (Phi) is 9.03. The number of aryl methyl sites for hydroxylation is 1. The third-order valence-electron chi connectivity index (χ3n) is 4.56. The van der Waals surface area contributed by atoms with Crippen molar-refractivity contribution in [3.8, 4) is 5.75 Å². The fourth-order valence-electron chi connectivity index (χ4n) is 2.91. The molecule has 0 radical (unpaired) electrons. The lowest BCUT2D eigenvalue weighted by molar-refractivity contribution is 0.306. The van der Waals surface area contributed by atoms with Gasteiger partial charge < -0.3 is 4.74 Å². The Morgan fingerprint density at radius 3 is 2.07 bits per heavy atom. The average molecular weight is 372 g/mol. The molecule has 0 unspecified atom stereocenters. The maximum Gasteiger partial charge on any atom is 0.161 e. The molecular formula is C24H30F2O. The maximum absolute atomic E-state index is 13.9. The Balaban J connectivity index is 1.85. The van der Waals surface area contributed by atoms with Crippen LogP contribution in [0.1, 0.15) is 69.1 Å². The van der Waals surface area contributed by atoms with E-state index in [9.17, 15) is 8.78 Å². The van der Waals surface area contributed by atoms with Gasteiger partial charge in [0.1, 0.15) is 18.2 Å². The molecule has 0 aliphatic carbocycles. The number of hydrogen-bond acceptors (Lipinski definition) is 1. The summed E-state index contributed by atoms with van der Waals surface area (Å²) in [6, 6.07) is 15.0. The van der Waals surface area contributed by atoms with Gasteiger partial charge in [0.05, 0.1) is 0 Å². The molecule has 0 saturated heterocycles. The second-order valence-corrected chi connectivity index (χ2v) is 6.91. The van der Waals surface area contributed by atoms with Crippen molar-refractivity contribution in [1.29, 1.82) is 0 Å². The predicted octanol–water partition coefficient (Wildman–Crippen LogP) is 7.80. The molecule has 0 aliphatic heterocycles. The first-order chi connectivity index (χ1) is 13.1. The van der Waals surface area contributed by atoms with Gasteiger partial charge in [-0.15, -0.1) is 0 Å². The zero-order valence-electron chi connectivity index (χ0n) is 16.4. The molecule has 146 valence electrons. The molecule has 27 heavy (non-hydrogen) atoms. The van der Waals surface area contributed by atoms with E-state index >= 15 is 0 Å². The highest BCUT2D eigenvalue weighted by atomic mass is 19.2. The van der Waals surface area contributed by atoms with Crippen molar-refractivity contribution in [2.45, 2.75) is 65.4 Å². The SMILES string of the molecule is CCCCCCc1ccc(COc2ccc(/C(F)=C(\F)CCC)cc2)cc1. The number of ether oxygens (including phenoxy) is 1. The van der Waals surface area contributed by atoms with E-state index in [1.54, 1.807) is 24.3 Å². The minimum atomic E-state index is -0.780. The van der Waals surface area contributed by atoms with Crippen molar-refractivity contribution < 1.29 is 13.5 Å². The van der Waals surface area contributed by atoms with Crippen LogP contribution in [0.25, 0.3) is 5.83 Å². The second kappa shape index (κ2) is 11.5. The first kappa shape index (κ1) is 21.1. The molecule has 2 aromatic carbocycles. The number of halogens is 2. The van der Waals surface area contributed by atoms with Crippen LogP contribution in [0.5, 0.6) is 5.75 Å². The Labute approximate surface area is 162 Å². The topological polar surface area (TPSA) is 9.23 Å². The third kappa shape index (κ3) is 7.16. The van der Waals surface area contributed by atoms with Gasteiger partial charge in [-0.1, -0.05) is 57.4 Å². The molecule has 2 aromatic rings. The highest BCUT2D eigenvalue weighted by Crippen LogP contribution is 2.26. The fraction of sp³-hybridized carbons (Fsp3) is 0.417. The van der Waals surface area contributed by atoms with Crippen LogP contribution in [0.15, 0.2) is 54.4 Å². The number of benzene rings is 2. The summed E-state index contributed by atoms with van der Waals surface area (Å²) in [5, 5.41) is 0. The minimum Gasteiger partial charge on any atom is -0.489 e. The molecule has 0 amide bonds. The van der Waals surface area contributed by atoms with Crippen molar-refractivity contribution >= 4 is 5.83 Å². The summed E-state index contributed by atoms with van der Waals surface area (Å²) in [5.74, 6) is -0.829. The van der Waals surface area contributed by atoms with E-state index in [4.69, 9.17) is 4.74 Å². The monoisotopic (exact) mass is 372 g/mol. The summed E-state index contributed by atoms with van der Waals surface area (Å²) < 4.78 is 33.3. The Bertz CT molecular complexity index is 702. The van der Waals surface area contributed by atoms with Crippen LogP contribution in [0.4, 0.5) is 8.78 Å². The molecule has 3 heteroatoms. The summed E-state index contributed by atoms with van der Waals surface area (Å²) in [7, 11) is 0. The maximum atomic E-state index is 13.9. The van der Waals surface area contributed by atoms with Crippen LogP contribution in [0, 0.1) is 0 Å². The molecule has 0 bridgehead atoms. The predicted molar refractivity (Wildman–Crippen MR) is 109 cm³/mol. The van der Waals surface area contributed by atoms with Crippen molar-refractivity contribution in [2.24, 2.45) is 0 Å². The van der Waals surface area contributed by atoms with E-state index in [0.29, 0.717) is 18.8 Å². The molecule has 0 fully saturated rings. The van der Waals surface area contributed by atoms with Crippen molar-refractivity contribution in [3.63, 3.8) is 0 Å². The third-order valence-corrected chi connectivity index (χ3v) is 4.56. The lowest BCUT2D eigenvalue weighted by Gasteiger charge is -2.08. The highest BCUT2D eigenvalue weighted by Gasteiger charge is 2.08. The molecule has 0 atom stereocenters. The van der Waals surface area contributed by atoms with Gasteiger partial charge in [-0.3, -0.25) is 0 Å². The average Bonchev–Trinajstić information content (AvgIpc) is 2.70. The van der Waals surface area contributed by atoms with E-state index in [1.165, 1.54) is 31.2 Å². The van der Waals surface area contributed by atoms with Gasteiger partial charge in [0, 0.05) is 12.0 Å². The van der Waals surface area contributed by atoms with E-state index in [0.717, 1.165) is 12.0 Å². The molecule has 0 saturated carbocycles. The molecular weight excluding hydrogens is 342 g/mol. The normalized spacial score (nSPS) is 12.0. The quantitative estimate of drug-likeness (QED) is 0.366. The smallest absolute Gasteiger partial charge is 0.161 e. The zero-order chi connectivity index (χ0) is 19.5. The minimum absolute atomic E-state index is 0.124. The van der Waals surface area contributed by atoms with Crippen LogP contribution >= 0.6 is 0 Å². The van der Waals surface area contributed by atoms with Crippen LogP contribution in [0.2, 0.25) is 0 Å². The van der Waals surface area contributed by atoms with Crippen LogP contribution < -0.4 is 4.74 Å². The molecule has 2 rings (SSSR count). The number of hydrogen-bond donors (Lipinski definition) is 0. The molecule has 0 spiro atoms.